The zero-order chi connectivity index (χ0) is 38.5. The monoisotopic (exact) mass is 769 g/mol. The number of carboxylic acid groups (broad SMARTS) is 1. The molecule has 1 fully saturated rings. The van der Waals surface area contributed by atoms with Gasteiger partial charge in [-0.3, -0.25) is 23.5 Å². The Bertz CT molecular complexity index is 2270. The van der Waals surface area contributed by atoms with Gasteiger partial charge in [-0.2, -0.15) is 4.99 Å². The summed E-state index contributed by atoms with van der Waals surface area (Å²) < 4.78 is 57.5. The Labute approximate surface area is 302 Å². The first-order chi connectivity index (χ1) is 24.1. The number of aliphatic carboxylic acids is 1. The highest BCUT2D eigenvalue weighted by Crippen LogP contribution is 2.38. The van der Waals surface area contributed by atoms with Gasteiger partial charge in [0.1, 0.15) is 22.5 Å². The molecule has 1 aliphatic heterocycles. The van der Waals surface area contributed by atoms with E-state index >= 15 is 0 Å². The molecule has 3 aromatic heterocycles. The number of hydrogen-bond donors (Lipinski definition) is 1. The van der Waals surface area contributed by atoms with Gasteiger partial charge in [0.15, 0.2) is 4.80 Å². The summed E-state index contributed by atoms with van der Waals surface area (Å²) in [6, 6.07) is 3.53. The fourth-order valence-electron chi connectivity index (χ4n) is 5.95. The largest absolute Gasteiger partial charge is 0.573 e. The van der Waals surface area contributed by atoms with E-state index in [2.05, 4.69) is 9.73 Å². The number of likely N-dealkylation sites (tertiary alicyclic amines) is 1. The number of rotatable bonds is 7. The van der Waals surface area contributed by atoms with E-state index in [-0.39, 0.29) is 70.3 Å². The zero-order valence-corrected chi connectivity index (χ0v) is 30.5. The lowest BCUT2D eigenvalue weighted by Crippen LogP contribution is -2.50. The molecule has 19 heteroatoms. The predicted octanol–water partition coefficient (Wildman–Crippen LogP) is 4.99. The number of aryl methyl sites for hydroxylation is 2. The van der Waals surface area contributed by atoms with Crippen molar-refractivity contribution in [3.63, 3.8) is 0 Å². The lowest BCUT2D eigenvalue weighted by Gasteiger charge is -2.39. The van der Waals surface area contributed by atoms with Crippen molar-refractivity contribution in [3.05, 3.63) is 65.6 Å². The molecule has 4 heterocycles. The summed E-state index contributed by atoms with van der Waals surface area (Å²) in [5, 5.41) is 11.8. The van der Waals surface area contributed by atoms with E-state index in [0.717, 1.165) is 26.5 Å². The molecule has 1 N–H and O–H groups in total. The number of ether oxygens (including phenoxy) is 2. The Morgan fingerprint density at radius 1 is 1.10 bits per heavy atom. The third-order valence-corrected chi connectivity index (χ3v) is 9.83. The van der Waals surface area contributed by atoms with Crippen LogP contribution in [0.25, 0.3) is 22.4 Å². The van der Waals surface area contributed by atoms with Crippen LogP contribution in [0.3, 0.4) is 0 Å². The van der Waals surface area contributed by atoms with E-state index in [1.165, 1.54) is 42.6 Å². The maximum absolute atomic E-state index is 13.6. The minimum absolute atomic E-state index is 0.00140. The number of halogens is 4. The van der Waals surface area contributed by atoms with Crippen LogP contribution in [0.1, 0.15) is 44.9 Å². The Morgan fingerprint density at radius 3 is 2.33 bits per heavy atom. The fourth-order valence-corrected chi connectivity index (χ4v) is 7.10. The fraction of sp³-hybridized carbons (Fsp3) is 0.455. The van der Waals surface area contributed by atoms with Crippen molar-refractivity contribution in [1.82, 2.24) is 18.6 Å². The van der Waals surface area contributed by atoms with Gasteiger partial charge in [0.2, 0.25) is 5.71 Å². The van der Waals surface area contributed by atoms with Crippen molar-refractivity contribution >= 4 is 52.0 Å². The van der Waals surface area contributed by atoms with Gasteiger partial charge in [0, 0.05) is 50.2 Å². The molecule has 1 saturated heterocycles. The van der Waals surface area contributed by atoms with Gasteiger partial charge in [-0.1, -0.05) is 11.6 Å². The zero-order valence-electron chi connectivity index (χ0n) is 28.9. The molecule has 280 valence electrons. The highest BCUT2D eigenvalue weighted by Gasteiger charge is 2.44. The minimum Gasteiger partial charge on any atom is -0.481 e. The van der Waals surface area contributed by atoms with Crippen molar-refractivity contribution in [3.8, 4) is 17.0 Å². The first kappa shape index (κ1) is 38.4. The third-order valence-electron chi connectivity index (χ3n) is 8.67. The molecule has 1 aromatic carbocycles. The number of fused-ring (bicyclic) bond motifs is 1. The summed E-state index contributed by atoms with van der Waals surface area (Å²) >= 11 is 7.14. The highest BCUT2D eigenvalue weighted by molar-refractivity contribution is 7.07. The molecule has 5 rings (SSSR count). The Kier molecular flexibility index (Phi) is 10.3. The molecule has 4 aromatic rings. The van der Waals surface area contributed by atoms with Crippen LogP contribution in [0.5, 0.6) is 5.75 Å². The van der Waals surface area contributed by atoms with E-state index in [1.54, 1.807) is 26.2 Å². The molecular weight excluding hydrogens is 735 g/mol. The second-order valence-electron chi connectivity index (χ2n) is 13.4. The molecule has 2 amide bonds. The Morgan fingerprint density at radius 2 is 1.75 bits per heavy atom. The molecule has 14 nitrogen and oxygen atoms in total. The number of carboxylic acids is 1. The summed E-state index contributed by atoms with van der Waals surface area (Å²) in [4.78, 5) is 70.5. The van der Waals surface area contributed by atoms with E-state index in [9.17, 15) is 42.3 Å². The molecule has 52 heavy (non-hydrogen) atoms. The van der Waals surface area contributed by atoms with Crippen LogP contribution in [0.4, 0.5) is 18.0 Å². The van der Waals surface area contributed by atoms with Crippen molar-refractivity contribution in [2.75, 3.05) is 13.1 Å². The lowest BCUT2D eigenvalue weighted by molar-refractivity contribution is -0.274. The number of piperidine rings is 1. The number of aromatic nitrogens is 3. The molecule has 0 radical (unpaired) electrons. The van der Waals surface area contributed by atoms with Gasteiger partial charge in [0.25, 0.3) is 11.5 Å². The van der Waals surface area contributed by atoms with Gasteiger partial charge in [-0.15, -0.1) is 24.5 Å². The lowest BCUT2D eigenvalue weighted by atomic mass is 9.78. The van der Waals surface area contributed by atoms with Crippen molar-refractivity contribution in [2.24, 2.45) is 24.5 Å². The average Bonchev–Trinajstić information content (AvgIpc) is 3.58. The smallest absolute Gasteiger partial charge is 0.481 e. The average molecular weight is 770 g/mol. The summed E-state index contributed by atoms with van der Waals surface area (Å²) in [5.41, 5.74) is -2.76. The van der Waals surface area contributed by atoms with Crippen LogP contribution in [0.2, 0.25) is 5.02 Å². The first-order valence-corrected chi connectivity index (χ1v) is 17.1. The summed E-state index contributed by atoms with van der Waals surface area (Å²) in [5.74, 6) is -2.34. The van der Waals surface area contributed by atoms with Crippen LogP contribution >= 0.6 is 22.9 Å². The number of benzene rings is 1. The number of carbonyl (C=O) groups excluding carboxylic acids is 2. The maximum Gasteiger partial charge on any atom is 0.573 e. The quantitative estimate of drug-likeness (QED) is 0.272. The van der Waals surface area contributed by atoms with Crippen LogP contribution in [-0.2, 0) is 41.4 Å². The molecular formula is C33H35ClF3N5O9S. The second-order valence-corrected chi connectivity index (χ2v) is 14.7. The van der Waals surface area contributed by atoms with Gasteiger partial charge in [-0.05, 0) is 58.7 Å². The molecule has 0 spiro atoms. The number of carbonyl (C=O) groups is 3. The van der Waals surface area contributed by atoms with E-state index < -0.39 is 58.8 Å². The van der Waals surface area contributed by atoms with Crippen molar-refractivity contribution in [1.29, 1.82) is 0 Å². The second kappa shape index (κ2) is 13.9. The number of furan rings is 1. The standard InChI is InChI=1S/C33H35ClF3N5O9S/c1-17-19(24-25(44)39(5)29(47)40(6)26(24)49-17)14-23(43)38-28-42(21(15-52-28)18-7-8-22(20(34)13-18)50-33(35,36)37)16-32(27(45)46)9-11-41(12-10-32)30(48)51-31(2,3)4/h7-8,13,15H,9-12,14,16H2,1-6H3,(H,45,46)/b38-28-. The molecule has 0 unspecified atom stereocenters. The molecule has 0 bridgehead atoms. The number of amides is 2. The Hall–Kier alpha value is -4.84. The Balaban J connectivity index is 1.57. The van der Waals surface area contributed by atoms with Gasteiger partial charge < -0.3 is 28.5 Å². The topological polar surface area (TPSA) is 168 Å². The summed E-state index contributed by atoms with van der Waals surface area (Å²) in [6.45, 7) is 6.52. The minimum atomic E-state index is -5.00. The molecule has 0 atom stereocenters. The van der Waals surface area contributed by atoms with Crippen molar-refractivity contribution < 1.29 is 46.6 Å². The number of thiazole rings is 1. The molecule has 0 saturated carbocycles. The van der Waals surface area contributed by atoms with Crippen molar-refractivity contribution in [2.45, 2.75) is 65.5 Å². The first-order valence-electron chi connectivity index (χ1n) is 15.8. The predicted molar refractivity (Wildman–Crippen MR) is 182 cm³/mol. The third kappa shape index (κ3) is 7.81. The SMILES string of the molecule is Cc1oc2c(c1CC(=O)/N=c1\scc(-c3ccc(OC(F)(F)F)c(Cl)c3)n1CC1(C(=O)O)CCN(C(=O)OC(C)(C)C)CC1)c(=O)n(C)c(=O)n2C. The van der Waals surface area contributed by atoms with E-state index in [4.69, 9.17) is 20.8 Å². The molecule has 1 aliphatic rings. The summed E-state index contributed by atoms with van der Waals surface area (Å²) in [7, 11) is 2.71. The number of hydrogen-bond acceptors (Lipinski definition) is 9. The molecule has 0 aliphatic carbocycles. The van der Waals surface area contributed by atoms with E-state index in [1.807, 2.05) is 0 Å². The highest BCUT2D eigenvalue weighted by atomic mass is 35.5. The van der Waals surface area contributed by atoms with Crippen LogP contribution in [0.15, 0.2) is 42.6 Å². The van der Waals surface area contributed by atoms with Gasteiger partial charge in [-0.25, -0.2) is 9.59 Å². The number of alkyl halides is 3. The van der Waals surface area contributed by atoms with Crippen LogP contribution in [0, 0.1) is 12.3 Å². The van der Waals surface area contributed by atoms with Gasteiger partial charge >= 0.3 is 24.1 Å². The normalized spacial score (nSPS) is 15.3. The maximum atomic E-state index is 13.6. The van der Waals surface area contributed by atoms with E-state index in [0.29, 0.717) is 5.69 Å². The summed E-state index contributed by atoms with van der Waals surface area (Å²) in [6.07, 6.45) is -6.01. The number of nitrogens with zero attached hydrogens (tertiary/aromatic N) is 5. The van der Waals surface area contributed by atoms with Crippen LogP contribution in [-0.4, -0.2) is 66.7 Å². The van der Waals surface area contributed by atoms with Gasteiger partial charge in [0.05, 0.1) is 22.6 Å². The van der Waals surface area contributed by atoms with Crippen LogP contribution < -0.4 is 20.8 Å².